The first-order valence-electron chi connectivity index (χ1n) is 8.96. The molecule has 0 aliphatic heterocycles. The number of aryl methyl sites for hydroxylation is 3. The summed E-state index contributed by atoms with van der Waals surface area (Å²) in [5.74, 6) is 0. The summed E-state index contributed by atoms with van der Waals surface area (Å²) >= 11 is 0. The van der Waals surface area contributed by atoms with Crippen LogP contribution in [0, 0.1) is 20.8 Å². The second-order valence-corrected chi connectivity index (χ2v) is 7.06. The lowest BCUT2D eigenvalue weighted by Crippen LogP contribution is -2.35. The third kappa shape index (κ3) is 2.78. The van der Waals surface area contributed by atoms with E-state index in [1.807, 2.05) is 18.5 Å². The zero-order valence-electron chi connectivity index (χ0n) is 15.7. The molecule has 4 rings (SSSR count). The summed E-state index contributed by atoms with van der Waals surface area (Å²) < 4.78 is 2.30. The molecule has 26 heavy (non-hydrogen) atoms. The molecule has 2 aromatic carbocycles. The van der Waals surface area contributed by atoms with Crippen molar-refractivity contribution in [1.29, 1.82) is 0 Å². The minimum atomic E-state index is 1.14. The van der Waals surface area contributed by atoms with Crippen LogP contribution >= 0.6 is 0 Å². The van der Waals surface area contributed by atoms with E-state index in [4.69, 9.17) is 0 Å². The third-order valence-corrected chi connectivity index (χ3v) is 5.18. The Morgan fingerprint density at radius 3 is 2.46 bits per heavy atom. The minimum absolute atomic E-state index is 1.14. The van der Waals surface area contributed by atoms with Gasteiger partial charge in [-0.3, -0.25) is 4.98 Å². The lowest BCUT2D eigenvalue weighted by Gasteiger charge is -2.12. The van der Waals surface area contributed by atoms with Gasteiger partial charge < -0.3 is 0 Å². The maximum atomic E-state index is 4.27. The molecular weight excluding hydrogens is 316 g/mol. The van der Waals surface area contributed by atoms with E-state index < -0.39 is 0 Å². The molecule has 4 aromatic rings. The van der Waals surface area contributed by atoms with Crippen molar-refractivity contribution in [2.45, 2.75) is 20.8 Å². The Hall–Kier alpha value is -3.00. The van der Waals surface area contributed by atoms with Crippen LogP contribution in [0.25, 0.3) is 33.2 Å². The second kappa shape index (κ2) is 6.38. The average Bonchev–Trinajstić information content (AvgIpc) is 2.65. The molecule has 0 bridgehead atoms. The van der Waals surface area contributed by atoms with Crippen LogP contribution in [0.5, 0.6) is 0 Å². The summed E-state index contributed by atoms with van der Waals surface area (Å²) in [6, 6.07) is 19.7. The quantitative estimate of drug-likeness (QED) is 0.452. The summed E-state index contributed by atoms with van der Waals surface area (Å²) in [5.41, 5.74) is 8.69. The van der Waals surface area contributed by atoms with Crippen LogP contribution in [0.15, 0.2) is 67.0 Å². The first-order valence-corrected chi connectivity index (χ1v) is 8.96. The van der Waals surface area contributed by atoms with Gasteiger partial charge in [-0.2, -0.15) is 4.57 Å². The van der Waals surface area contributed by atoms with Gasteiger partial charge in [0.25, 0.3) is 0 Å². The van der Waals surface area contributed by atoms with Crippen molar-refractivity contribution < 1.29 is 4.57 Å². The first kappa shape index (κ1) is 16.5. The fraction of sp³-hybridized carbons (Fsp3) is 0.167. The van der Waals surface area contributed by atoms with Gasteiger partial charge in [-0.05, 0) is 48.6 Å². The standard InChI is InChI=1S/C24H23N2/c1-16-7-9-20-13-18(3)26(4)24(23(20)12-16)22-14-19(10-8-17(22)2)21-6-5-11-25-15-21/h5-15H,1-4H3/q+1. The van der Waals surface area contributed by atoms with Gasteiger partial charge in [0, 0.05) is 30.9 Å². The number of rotatable bonds is 2. The van der Waals surface area contributed by atoms with Crippen molar-refractivity contribution in [2.75, 3.05) is 0 Å². The van der Waals surface area contributed by atoms with Crippen LogP contribution < -0.4 is 4.57 Å². The zero-order valence-corrected chi connectivity index (χ0v) is 15.7. The number of aromatic nitrogens is 2. The van der Waals surface area contributed by atoms with E-state index >= 15 is 0 Å². The van der Waals surface area contributed by atoms with E-state index in [1.165, 1.54) is 44.4 Å². The van der Waals surface area contributed by atoms with E-state index in [1.54, 1.807) is 0 Å². The van der Waals surface area contributed by atoms with Crippen molar-refractivity contribution in [3.63, 3.8) is 0 Å². The van der Waals surface area contributed by atoms with Crippen molar-refractivity contribution in [2.24, 2.45) is 7.05 Å². The third-order valence-electron chi connectivity index (χ3n) is 5.18. The second-order valence-electron chi connectivity index (χ2n) is 7.06. The van der Waals surface area contributed by atoms with Gasteiger partial charge in [-0.25, -0.2) is 0 Å². The smallest absolute Gasteiger partial charge is 0.220 e. The molecule has 0 spiro atoms. The highest BCUT2D eigenvalue weighted by Gasteiger charge is 2.20. The summed E-state index contributed by atoms with van der Waals surface area (Å²) in [7, 11) is 2.16. The molecule has 2 aromatic heterocycles. The Bertz CT molecular complexity index is 1110. The predicted molar refractivity (Wildman–Crippen MR) is 108 cm³/mol. The van der Waals surface area contributed by atoms with Crippen molar-refractivity contribution in [3.8, 4) is 22.4 Å². The highest BCUT2D eigenvalue weighted by Crippen LogP contribution is 2.32. The first-order chi connectivity index (χ1) is 12.5. The number of hydrogen-bond donors (Lipinski definition) is 0. The number of hydrogen-bond acceptors (Lipinski definition) is 1. The fourth-order valence-electron chi connectivity index (χ4n) is 3.60. The zero-order chi connectivity index (χ0) is 18.3. The molecule has 0 fully saturated rings. The number of benzene rings is 2. The van der Waals surface area contributed by atoms with Crippen LogP contribution in [-0.4, -0.2) is 4.98 Å². The van der Waals surface area contributed by atoms with Crippen molar-refractivity contribution in [1.82, 2.24) is 4.98 Å². The number of nitrogens with zero attached hydrogens (tertiary/aromatic N) is 2. The summed E-state index contributed by atoms with van der Waals surface area (Å²) in [6.45, 7) is 6.51. The van der Waals surface area contributed by atoms with Gasteiger partial charge in [0.1, 0.15) is 7.05 Å². The van der Waals surface area contributed by atoms with Gasteiger partial charge in [-0.1, -0.05) is 35.9 Å². The van der Waals surface area contributed by atoms with Gasteiger partial charge in [0.2, 0.25) is 5.69 Å². The van der Waals surface area contributed by atoms with Crippen LogP contribution in [0.4, 0.5) is 0 Å². The van der Waals surface area contributed by atoms with Gasteiger partial charge in [-0.15, -0.1) is 0 Å². The Morgan fingerprint density at radius 2 is 1.69 bits per heavy atom. The van der Waals surface area contributed by atoms with Gasteiger partial charge >= 0.3 is 0 Å². The molecule has 128 valence electrons. The molecule has 0 aliphatic rings. The molecule has 0 unspecified atom stereocenters. The summed E-state index contributed by atoms with van der Waals surface area (Å²) in [4.78, 5) is 4.27. The Balaban J connectivity index is 2.04. The van der Waals surface area contributed by atoms with E-state index in [-0.39, 0.29) is 0 Å². The lowest BCUT2D eigenvalue weighted by molar-refractivity contribution is -0.665. The van der Waals surface area contributed by atoms with Gasteiger partial charge in [0.15, 0.2) is 5.69 Å². The Labute approximate surface area is 154 Å². The molecule has 0 N–H and O–H groups in total. The van der Waals surface area contributed by atoms with E-state index in [0.717, 1.165) is 5.56 Å². The molecule has 0 saturated heterocycles. The average molecular weight is 339 g/mol. The molecule has 2 heteroatoms. The van der Waals surface area contributed by atoms with Crippen LogP contribution in [0.2, 0.25) is 0 Å². The summed E-state index contributed by atoms with van der Waals surface area (Å²) in [5, 5.41) is 2.58. The van der Waals surface area contributed by atoms with E-state index in [9.17, 15) is 0 Å². The fourth-order valence-corrected chi connectivity index (χ4v) is 3.60. The van der Waals surface area contributed by atoms with E-state index in [2.05, 4.69) is 85.9 Å². The SMILES string of the molecule is Cc1ccc2cc(C)[n+](C)c(-c3cc(-c4cccnc4)ccc3C)c2c1. The molecule has 0 amide bonds. The van der Waals surface area contributed by atoms with Crippen molar-refractivity contribution >= 4 is 10.8 Å². The number of fused-ring (bicyclic) bond motifs is 1. The summed E-state index contributed by atoms with van der Waals surface area (Å²) in [6.07, 6.45) is 3.74. The normalized spacial score (nSPS) is 11.1. The highest BCUT2D eigenvalue weighted by molar-refractivity contribution is 5.95. The maximum absolute atomic E-state index is 4.27. The van der Waals surface area contributed by atoms with Gasteiger partial charge in [0.05, 0.1) is 10.9 Å². The van der Waals surface area contributed by atoms with Crippen molar-refractivity contribution in [3.05, 3.63) is 83.8 Å². The van der Waals surface area contributed by atoms with Crippen LogP contribution in [-0.2, 0) is 7.05 Å². The lowest BCUT2D eigenvalue weighted by atomic mass is 9.94. The molecule has 0 radical (unpaired) electrons. The maximum Gasteiger partial charge on any atom is 0.220 e. The van der Waals surface area contributed by atoms with Crippen LogP contribution in [0.1, 0.15) is 16.8 Å². The minimum Gasteiger partial charge on any atom is -0.264 e. The van der Waals surface area contributed by atoms with Crippen LogP contribution in [0.3, 0.4) is 0 Å². The predicted octanol–water partition coefficient (Wildman–Crippen LogP) is 5.32. The highest BCUT2D eigenvalue weighted by atomic mass is 14.9. The molecule has 2 nitrogen and oxygen atoms in total. The topological polar surface area (TPSA) is 16.8 Å². The molecule has 0 aliphatic carbocycles. The molecule has 0 saturated carbocycles. The van der Waals surface area contributed by atoms with E-state index in [0.29, 0.717) is 0 Å². The Morgan fingerprint density at radius 1 is 0.846 bits per heavy atom. The molecule has 0 atom stereocenters. The largest absolute Gasteiger partial charge is 0.264 e. The molecular formula is C24H23N2+. The monoisotopic (exact) mass is 339 g/mol. The number of pyridine rings is 2. The molecule has 2 heterocycles. The Kier molecular flexibility index (Phi) is 4.04.